The summed E-state index contributed by atoms with van der Waals surface area (Å²) in [6, 6.07) is 16.5. The largest absolute Gasteiger partial charge is 0.462 e. The van der Waals surface area contributed by atoms with Gasteiger partial charge in [-0.15, -0.1) is 0 Å². The van der Waals surface area contributed by atoms with Gasteiger partial charge in [-0.25, -0.2) is 0 Å². The van der Waals surface area contributed by atoms with Crippen molar-refractivity contribution in [2.75, 3.05) is 0 Å². The van der Waals surface area contributed by atoms with E-state index in [1.807, 2.05) is 12.1 Å². The summed E-state index contributed by atoms with van der Waals surface area (Å²) in [6.45, 7) is 2.07. The number of fused-ring (bicyclic) bond motifs is 4. The molecule has 0 unspecified atom stereocenters. The minimum atomic E-state index is -0.998. The quantitative estimate of drug-likeness (QED) is 0.753. The van der Waals surface area contributed by atoms with E-state index < -0.39 is 5.79 Å². The van der Waals surface area contributed by atoms with Gasteiger partial charge in [-0.1, -0.05) is 53.2 Å². The van der Waals surface area contributed by atoms with Crippen molar-refractivity contribution in [2.24, 2.45) is 0 Å². The summed E-state index contributed by atoms with van der Waals surface area (Å²) in [5, 5.41) is 14.8. The van der Waals surface area contributed by atoms with Crippen molar-refractivity contribution >= 4 is 0 Å². The van der Waals surface area contributed by atoms with Crippen molar-refractivity contribution < 1.29 is 14.4 Å². The zero-order valence-electron chi connectivity index (χ0n) is 14.7. The zero-order chi connectivity index (χ0) is 17.7. The highest BCUT2D eigenvalue weighted by atomic mass is 16.6. The predicted molar refractivity (Wildman–Crippen MR) is 98.1 cm³/mol. The van der Waals surface area contributed by atoms with Crippen LogP contribution >= 0.6 is 0 Å². The number of benzene rings is 2. The minimum absolute atomic E-state index is 0.390. The van der Waals surface area contributed by atoms with E-state index in [-0.39, 0.29) is 0 Å². The van der Waals surface area contributed by atoms with Crippen LogP contribution in [0.4, 0.5) is 0 Å². The number of aliphatic hydroxyl groups is 1. The fraction of sp³-hybridized carbons (Fsp3) is 0.318. The molecule has 1 aliphatic heterocycles. The third-order valence-corrected chi connectivity index (χ3v) is 5.58. The Hall–Kier alpha value is -2.59. The average molecular weight is 347 g/mol. The van der Waals surface area contributed by atoms with E-state index in [4.69, 9.17) is 9.26 Å². The Labute approximate surface area is 152 Å². The highest BCUT2D eigenvalue weighted by Crippen LogP contribution is 2.51. The Morgan fingerprint density at radius 3 is 2.88 bits per heavy atom. The van der Waals surface area contributed by atoms with E-state index in [9.17, 15) is 5.11 Å². The summed E-state index contributed by atoms with van der Waals surface area (Å²) >= 11 is 0. The Morgan fingerprint density at radius 2 is 2.04 bits per heavy atom. The van der Waals surface area contributed by atoms with Crippen molar-refractivity contribution in [2.45, 2.75) is 44.3 Å². The molecular formula is C22H21NO3. The lowest BCUT2D eigenvalue weighted by molar-refractivity contribution is -0.137. The lowest BCUT2D eigenvalue weighted by atomic mass is 9.91. The van der Waals surface area contributed by atoms with Crippen molar-refractivity contribution in [3.63, 3.8) is 0 Å². The highest BCUT2D eigenvalue weighted by molar-refractivity contribution is 5.59. The van der Waals surface area contributed by atoms with Crippen molar-refractivity contribution in [3.8, 4) is 17.0 Å². The van der Waals surface area contributed by atoms with Gasteiger partial charge in [0.25, 0.3) is 0 Å². The molecule has 4 heteroatoms. The molecule has 26 heavy (non-hydrogen) atoms. The molecule has 0 radical (unpaired) electrons. The predicted octanol–water partition coefficient (Wildman–Crippen LogP) is 4.59. The summed E-state index contributed by atoms with van der Waals surface area (Å²) in [7, 11) is 0. The van der Waals surface area contributed by atoms with E-state index in [0.29, 0.717) is 25.2 Å². The molecule has 4 nitrogen and oxygen atoms in total. The molecule has 0 amide bonds. The first-order valence-corrected chi connectivity index (χ1v) is 9.15. The second-order valence-electron chi connectivity index (χ2n) is 7.54. The van der Waals surface area contributed by atoms with Gasteiger partial charge in [0.2, 0.25) is 5.79 Å². The normalized spacial score (nSPS) is 23.5. The van der Waals surface area contributed by atoms with Crippen LogP contribution in [0.25, 0.3) is 11.3 Å². The molecule has 2 bridgehead atoms. The smallest absolute Gasteiger partial charge is 0.208 e. The summed E-state index contributed by atoms with van der Waals surface area (Å²) in [6.07, 6.45) is 2.98. The van der Waals surface area contributed by atoms with Crippen molar-refractivity contribution in [3.05, 3.63) is 71.0 Å². The minimum Gasteiger partial charge on any atom is -0.462 e. The summed E-state index contributed by atoms with van der Waals surface area (Å²) in [5.74, 6) is 1.02. The Morgan fingerprint density at radius 1 is 1.19 bits per heavy atom. The molecule has 2 heterocycles. The molecular weight excluding hydrogens is 326 g/mol. The SMILES string of the molecule is Cc1ccc(-c2cc(Cc3cccc4c3O[C@@]3(O)CC[C@@H]4C3)on2)cc1. The summed E-state index contributed by atoms with van der Waals surface area (Å²) in [5.41, 5.74) is 5.36. The van der Waals surface area contributed by atoms with Crippen LogP contribution in [0, 0.1) is 6.92 Å². The number of nitrogens with zero attached hydrogens (tertiary/aromatic N) is 1. The number of aromatic nitrogens is 1. The van der Waals surface area contributed by atoms with Crippen LogP contribution in [0.1, 0.15) is 47.6 Å². The van der Waals surface area contributed by atoms with Crippen molar-refractivity contribution in [1.82, 2.24) is 5.16 Å². The molecule has 0 saturated heterocycles. The van der Waals surface area contributed by atoms with E-state index in [1.165, 1.54) is 11.1 Å². The Kier molecular flexibility index (Phi) is 3.44. The molecule has 1 fully saturated rings. The fourth-order valence-electron chi connectivity index (χ4n) is 4.17. The molecule has 3 aromatic rings. The molecule has 1 aliphatic carbocycles. The Balaban J connectivity index is 1.45. The van der Waals surface area contributed by atoms with Crippen molar-refractivity contribution in [1.29, 1.82) is 0 Å². The third-order valence-electron chi connectivity index (χ3n) is 5.58. The van der Waals surface area contributed by atoms with Gasteiger partial charge < -0.3 is 14.4 Å². The van der Waals surface area contributed by atoms with Crippen LogP contribution in [0.2, 0.25) is 0 Å². The van der Waals surface area contributed by atoms with Crippen LogP contribution < -0.4 is 4.74 Å². The highest BCUT2D eigenvalue weighted by Gasteiger charge is 2.45. The van der Waals surface area contributed by atoms with Crippen LogP contribution in [0.15, 0.2) is 53.1 Å². The van der Waals surface area contributed by atoms with Gasteiger partial charge in [-0.05, 0) is 24.8 Å². The van der Waals surface area contributed by atoms with Crippen LogP contribution in [0.5, 0.6) is 5.75 Å². The van der Waals surface area contributed by atoms with Gasteiger partial charge in [0, 0.05) is 36.5 Å². The standard InChI is InChI=1S/C22H21NO3/c1-14-5-7-15(8-6-14)20-12-18(26-23-20)11-16-3-2-4-19-17-9-10-22(24,13-17)25-21(16)19/h2-8,12,17,24H,9-11,13H2,1H3/t17-,22+/m1/s1. The number of hydrogen-bond donors (Lipinski definition) is 1. The topological polar surface area (TPSA) is 55.5 Å². The lowest BCUT2D eigenvalue weighted by Crippen LogP contribution is -2.35. The van der Waals surface area contributed by atoms with Gasteiger partial charge in [-0.3, -0.25) is 0 Å². The number of para-hydroxylation sites is 1. The molecule has 0 spiro atoms. The second kappa shape index (κ2) is 5.71. The second-order valence-corrected chi connectivity index (χ2v) is 7.54. The lowest BCUT2D eigenvalue weighted by Gasteiger charge is -2.32. The maximum Gasteiger partial charge on any atom is 0.208 e. The molecule has 2 aromatic carbocycles. The van der Waals surface area contributed by atoms with Gasteiger partial charge in [0.05, 0.1) is 0 Å². The molecule has 2 atom stereocenters. The first-order valence-electron chi connectivity index (χ1n) is 9.15. The molecule has 5 rings (SSSR count). The number of aryl methyl sites for hydroxylation is 1. The van der Waals surface area contributed by atoms with E-state index >= 15 is 0 Å². The van der Waals surface area contributed by atoms with E-state index in [1.54, 1.807) is 0 Å². The van der Waals surface area contributed by atoms with E-state index in [2.05, 4.69) is 48.5 Å². The Bertz CT molecular complexity index is 960. The summed E-state index contributed by atoms with van der Waals surface area (Å²) < 4.78 is 11.6. The fourth-order valence-corrected chi connectivity index (χ4v) is 4.17. The summed E-state index contributed by atoms with van der Waals surface area (Å²) in [4.78, 5) is 0. The van der Waals surface area contributed by atoms with Gasteiger partial charge >= 0.3 is 0 Å². The maximum absolute atomic E-state index is 10.6. The molecule has 1 N–H and O–H groups in total. The molecule has 1 saturated carbocycles. The number of rotatable bonds is 3. The zero-order valence-corrected chi connectivity index (χ0v) is 14.7. The van der Waals surface area contributed by atoms with Gasteiger partial charge in [-0.2, -0.15) is 0 Å². The van der Waals surface area contributed by atoms with Crippen LogP contribution in [-0.2, 0) is 6.42 Å². The average Bonchev–Trinajstić information content (AvgIpc) is 3.22. The van der Waals surface area contributed by atoms with Gasteiger partial charge in [0.1, 0.15) is 17.2 Å². The maximum atomic E-state index is 10.6. The molecule has 1 aromatic heterocycles. The first-order chi connectivity index (χ1) is 12.6. The third kappa shape index (κ3) is 2.61. The van der Waals surface area contributed by atoms with Crippen LogP contribution in [0.3, 0.4) is 0 Å². The molecule has 2 aliphatic rings. The van der Waals surface area contributed by atoms with E-state index in [0.717, 1.165) is 34.8 Å². The number of hydrogen-bond acceptors (Lipinski definition) is 4. The van der Waals surface area contributed by atoms with Crippen LogP contribution in [-0.4, -0.2) is 16.1 Å². The number of ether oxygens (including phenoxy) is 1. The monoisotopic (exact) mass is 347 g/mol. The van der Waals surface area contributed by atoms with Gasteiger partial charge in [0.15, 0.2) is 0 Å². The molecule has 132 valence electrons. The first kappa shape index (κ1) is 15.6.